The summed E-state index contributed by atoms with van der Waals surface area (Å²) < 4.78 is 0.343. The minimum Gasteiger partial charge on any atom is -0.424 e. The van der Waals surface area contributed by atoms with Crippen molar-refractivity contribution in [3.63, 3.8) is 0 Å². The molecule has 0 aliphatic rings. The van der Waals surface area contributed by atoms with E-state index in [1.54, 1.807) is 6.92 Å². The smallest absolute Gasteiger partial charge is 0.382 e. The highest BCUT2D eigenvalue weighted by Crippen LogP contribution is 2.00. The van der Waals surface area contributed by atoms with Crippen molar-refractivity contribution in [3.8, 4) is 11.8 Å². The molecule has 1 aromatic heterocycles. The molecule has 0 aliphatic carbocycles. The van der Waals surface area contributed by atoms with Crippen LogP contribution >= 0.6 is 0 Å². The lowest BCUT2D eigenvalue weighted by Crippen LogP contribution is -2.22. The maximum atomic E-state index is 10.7. The normalized spacial score (nSPS) is 8.75. The Labute approximate surface area is 68.4 Å². The molecule has 0 aromatic carbocycles. The topological polar surface area (TPSA) is 81.1 Å². The zero-order chi connectivity index (χ0) is 9.14. The lowest BCUT2D eigenvalue weighted by atomic mass is 10.3. The average molecular weight is 165 g/mol. The summed E-state index contributed by atoms with van der Waals surface area (Å²) in [5.74, 6) is 5.19. The largest absolute Gasteiger partial charge is 0.424 e. The van der Waals surface area contributed by atoms with Crippen molar-refractivity contribution >= 4 is 5.82 Å². The molecule has 0 saturated heterocycles. The summed E-state index contributed by atoms with van der Waals surface area (Å²) in [7, 11) is 0. The maximum absolute atomic E-state index is 10.7. The first-order valence-corrected chi connectivity index (χ1v) is 3.16. The van der Waals surface area contributed by atoms with Crippen LogP contribution in [-0.4, -0.2) is 14.9 Å². The van der Waals surface area contributed by atoms with E-state index in [0.717, 1.165) is 6.20 Å². The summed E-state index contributed by atoms with van der Waals surface area (Å²) in [5.41, 5.74) is 4.86. The number of rotatable bonds is 0. The van der Waals surface area contributed by atoms with E-state index in [1.807, 2.05) is 0 Å². The monoisotopic (exact) mass is 165 g/mol. The molecule has 0 unspecified atom stereocenters. The molecule has 1 rings (SSSR count). The third-order valence-corrected chi connectivity index (χ3v) is 1.20. The molecule has 0 radical (unpaired) electrons. The van der Waals surface area contributed by atoms with Gasteiger partial charge in [0.1, 0.15) is 5.82 Å². The quantitative estimate of drug-likeness (QED) is 0.398. The third kappa shape index (κ3) is 1.37. The molecule has 62 valence electrons. The first-order valence-electron chi connectivity index (χ1n) is 3.16. The predicted octanol–water partition coefficient (Wildman–Crippen LogP) is -0.566. The second-order valence-corrected chi connectivity index (χ2v) is 2.04. The van der Waals surface area contributed by atoms with Gasteiger partial charge in [0.05, 0.1) is 11.8 Å². The van der Waals surface area contributed by atoms with Crippen molar-refractivity contribution in [3.05, 3.63) is 22.2 Å². The van der Waals surface area contributed by atoms with Crippen LogP contribution in [0.3, 0.4) is 0 Å². The van der Waals surface area contributed by atoms with Gasteiger partial charge in [-0.1, -0.05) is 5.92 Å². The molecule has 5 heteroatoms. The minimum atomic E-state index is -0.811. The number of nitrogen functional groups attached to an aromatic ring is 1. The van der Waals surface area contributed by atoms with Gasteiger partial charge in [0, 0.05) is 0 Å². The van der Waals surface area contributed by atoms with Crippen molar-refractivity contribution in [2.24, 2.45) is 0 Å². The van der Waals surface area contributed by atoms with E-state index >= 15 is 0 Å². The summed E-state index contributed by atoms with van der Waals surface area (Å²) in [4.78, 5) is 14.0. The Balaban J connectivity index is 3.39. The van der Waals surface area contributed by atoms with Crippen molar-refractivity contribution in [1.82, 2.24) is 9.71 Å². The summed E-state index contributed by atoms with van der Waals surface area (Å²) in [6, 6.07) is 0. The van der Waals surface area contributed by atoms with Gasteiger partial charge in [-0.3, -0.25) is 0 Å². The van der Waals surface area contributed by atoms with E-state index in [1.165, 1.54) is 0 Å². The van der Waals surface area contributed by atoms with Crippen molar-refractivity contribution in [2.75, 3.05) is 5.73 Å². The Kier molecular flexibility index (Phi) is 2.01. The molecule has 3 N–H and O–H groups in total. The lowest BCUT2D eigenvalue weighted by Gasteiger charge is -1.97. The average Bonchev–Trinajstić information content (AvgIpc) is 2.01. The Morgan fingerprint density at radius 2 is 2.42 bits per heavy atom. The molecule has 1 heterocycles. The number of aromatic nitrogens is 2. The van der Waals surface area contributed by atoms with E-state index in [-0.39, 0.29) is 5.82 Å². The van der Waals surface area contributed by atoms with Gasteiger partial charge in [0.2, 0.25) is 0 Å². The third-order valence-electron chi connectivity index (χ3n) is 1.20. The Morgan fingerprint density at radius 3 is 3.00 bits per heavy atom. The number of anilines is 1. The molecule has 12 heavy (non-hydrogen) atoms. The number of nitrogens with zero attached hydrogens (tertiary/aromatic N) is 2. The zero-order valence-electron chi connectivity index (χ0n) is 6.40. The van der Waals surface area contributed by atoms with Gasteiger partial charge in [-0.25, -0.2) is 4.79 Å². The van der Waals surface area contributed by atoms with Crippen molar-refractivity contribution < 1.29 is 5.21 Å². The molecular formula is C7H7N3O2. The first-order chi connectivity index (χ1) is 5.65. The van der Waals surface area contributed by atoms with Gasteiger partial charge in [0.15, 0.2) is 0 Å². The van der Waals surface area contributed by atoms with Crippen molar-refractivity contribution in [2.45, 2.75) is 6.92 Å². The number of hydrogen-bond donors (Lipinski definition) is 2. The summed E-state index contributed by atoms with van der Waals surface area (Å²) >= 11 is 0. The van der Waals surface area contributed by atoms with E-state index < -0.39 is 5.69 Å². The Hall–Kier alpha value is -1.96. The van der Waals surface area contributed by atoms with Gasteiger partial charge < -0.3 is 10.9 Å². The van der Waals surface area contributed by atoms with Crippen LogP contribution < -0.4 is 11.4 Å². The summed E-state index contributed by atoms with van der Waals surface area (Å²) in [6.45, 7) is 1.62. The van der Waals surface area contributed by atoms with Crippen LogP contribution in [0.2, 0.25) is 0 Å². The molecule has 5 nitrogen and oxygen atoms in total. The standard InChI is InChI=1S/C7H7N3O2/c1-2-3-5-4-10(12)7(11)9-6(5)8/h4,12H,1H3,(H2,8,9,11). The van der Waals surface area contributed by atoms with Crippen molar-refractivity contribution in [1.29, 1.82) is 0 Å². The van der Waals surface area contributed by atoms with E-state index in [4.69, 9.17) is 10.9 Å². The minimum absolute atomic E-state index is 0.0275. The number of hydrogen-bond acceptors (Lipinski definition) is 4. The molecule has 0 saturated carbocycles. The molecule has 0 amide bonds. The molecule has 0 atom stereocenters. The lowest BCUT2D eigenvalue weighted by molar-refractivity contribution is 0.170. The van der Waals surface area contributed by atoms with Gasteiger partial charge in [-0.15, -0.1) is 10.7 Å². The highest BCUT2D eigenvalue weighted by atomic mass is 16.5. The van der Waals surface area contributed by atoms with Crippen LogP contribution in [0, 0.1) is 11.8 Å². The second-order valence-electron chi connectivity index (χ2n) is 2.04. The predicted molar refractivity (Wildman–Crippen MR) is 42.6 cm³/mol. The highest BCUT2D eigenvalue weighted by Gasteiger charge is 2.01. The van der Waals surface area contributed by atoms with Crippen LogP contribution in [-0.2, 0) is 0 Å². The molecule has 0 aliphatic heterocycles. The van der Waals surface area contributed by atoms with E-state index in [0.29, 0.717) is 10.3 Å². The Bertz CT molecular complexity index is 411. The number of nitrogens with two attached hydrogens (primary N) is 1. The molecular weight excluding hydrogens is 158 g/mol. The maximum Gasteiger partial charge on any atom is 0.382 e. The molecule has 0 spiro atoms. The summed E-state index contributed by atoms with van der Waals surface area (Å²) in [5, 5.41) is 8.87. The fraction of sp³-hybridized carbons (Fsp3) is 0.143. The van der Waals surface area contributed by atoms with Crippen LogP contribution in [0.5, 0.6) is 0 Å². The molecule has 1 aromatic rings. The van der Waals surface area contributed by atoms with Crippen LogP contribution in [0.4, 0.5) is 5.82 Å². The second kappa shape index (κ2) is 2.96. The molecule has 0 bridgehead atoms. The van der Waals surface area contributed by atoms with Crippen LogP contribution in [0.25, 0.3) is 0 Å². The fourth-order valence-electron chi connectivity index (χ4n) is 0.689. The fourth-order valence-corrected chi connectivity index (χ4v) is 0.689. The van der Waals surface area contributed by atoms with Gasteiger partial charge in [0.25, 0.3) is 0 Å². The van der Waals surface area contributed by atoms with E-state index in [9.17, 15) is 4.79 Å². The SMILES string of the molecule is CC#Cc1cn(O)c(=O)nc1N. The highest BCUT2D eigenvalue weighted by molar-refractivity contribution is 5.48. The first kappa shape index (κ1) is 8.14. The Morgan fingerprint density at radius 1 is 1.75 bits per heavy atom. The summed E-state index contributed by atoms with van der Waals surface area (Å²) in [6.07, 6.45) is 1.13. The van der Waals surface area contributed by atoms with E-state index in [2.05, 4.69) is 16.8 Å². The zero-order valence-corrected chi connectivity index (χ0v) is 6.40. The van der Waals surface area contributed by atoms with Crippen LogP contribution in [0.1, 0.15) is 12.5 Å². The van der Waals surface area contributed by atoms with Gasteiger partial charge in [-0.2, -0.15) is 4.98 Å². The van der Waals surface area contributed by atoms with Gasteiger partial charge in [-0.05, 0) is 6.92 Å². The van der Waals surface area contributed by atoms with Gasteiger partial charge >= 0.3 is 5.69 Å². The van der Waals surface area contributed by atoms with Crippen LogP contribution in [0.15, 0.2) is 11.0 Å². The molecule has 0 fully saturated rings.